The van der Waals surface area contributed by atoms with Gasteiger partial charge in [0.2, 0.25) is 5.91 Å². The van der Waals surface area contributed by atoms with E-state index in [1.54, 1.807) is 6.20 Å². The van der Waals surface area contributed by atoms with Crippen molar-refractivity contribution in [2.75, 3.05) is 32.8 Å². The van der Waals surface area contributed by atoms with Crippen LogP contribution in [-0.2, 0) is 30.5 Å². The highest BCUT2D eigenvalue weighted by atomic mass is 19.4. The molecule has 3 aromatic rings. The third-order valence-electron chi connectivity index (χ3n) is 9.29. The van der Waals surface area contributed by atoms with Crippen LogP contribution in [0.4, 0.5) is 13.2 Å². The van der Waals surface area contributed by atoms with E-state index in [9.17, 15) is 18.0 Å². The van der Waals surface area contributed by atoms with Crippen molar-refractivity contribution in [1.82, 2.24) is 24.6 Å². The molecule has 1 saturated carbocycles. The van der Waals surface area contributed by atoms with E-state index in [-0.39, 0.29) is 23.8 Å². The van der Waals surface area contributed by atoms with Crippen molar-refractivity contribution < 1.29 is 22.7 Å². The molecule has 1 aromatic carbocycles. The third kappa shape index (κ3) is 7.40. The molecule has 2 fully saturated rings. The molecule has 10 heteroatoms. The van der Waals surface area contributed by atoms with E-state index in [0.717, 1.165) is 88.4 Å². The molecule has 4 heterocycles. The fourth-order valence-corrected chi connectivity index (χ4v) is 6.74. The fourth-order valence-electron chi connectivity index (χ4n) is 6.74. The van der Waals surface area contributed by atoms with Crippen LogP contribution in [0.5, 0.6) is 5.75 Å². The van der Waals surface area contributed by atoms with E-state index in [4.69, 9.17) is 4.74 Å². The molecule has 2 aliphatic heterocycles. The number of hydrogen-bond acceptors (Lipinski definition) is 5. The van der Waals surface area contributed by atoms with Crippen molar-refractivity contribution in [3.05, 3.63) is 77.4 Å². The largest absolute Gasteiger partial charge is 0.492 e. The van der Waals surface area contributed by atoms with Gasteiger partial charge in [-0.05, 0) is 79.7 Å². The lowest BCUT2D eigenvalue weighted by atomic mass is 9.73. The Balaban J connectivity index is 1.15. The van der Waals surface area contributed by atoms with E-state index in [1.165, 1.54) is 10.2 Å². The first-order valence-electron chi connectivity index (χ1n) is 15.5. The molecule has 1 spiro atoms. The van der Waals surface area contributed by atoms with E-state index >= 15 is 0 Å². The summed E-state index contributed by atoms with van der Waals surface area (Å²) in [5.74, 6) is 0.883. The van der Waals surface area contributed by atoms with Crippen LogP contribution in [0, 0.1) is 5.41 Å². The molecule has 7 nitrogen and oxygen atoms in total. The fraction of sp³-hybridized carbons (Fsp3) is 0.545. The second-order valence-corrected chi connectivity index (χ2v) is 12.5. The SMILES string of the molecule is O=C(Cn1nc(C(F)(F)F)cc1C1CC1)N1CCC2(CCCCc3ccccc3OCCN(Cc3cccnc3)C2)CC1. The number of nitrogens with zero attached hydrogens (tertiary/aromatic N) is 5. The summed E-state index contributed by atoms with van der Waals surface area (Å²) in [6, 6.07) is 13.5. The van der Waals surface area contributed by atoms with Crippen LogP contribution in [0.25, 0.3) is 0 Å². The highest BCUT2D eigenvalue weighted by molar-refractivity contribution is 5.76. The molecule has 0 radical (unpaired) electrons. The van der Waals surface area contributed by atoms with Crippen molar-refractivity contribution in [3.63, 3.8) is 0 Å². The molecule has 0 bridgehead atoms. The summed E-state index contributed by atoms with van der Waals surface area (Å²) in [6.07, 6.45) is 6.79. The summed E-state index contributed by atoms with van der Waals surface area (Å²) >= 11 is 0. The highest BCUT2D eigenvalue weighted by Crippen LogP contribution is 2.42. The number of alkyl halides is 3. The van der Waals surface area contributed by atoms with Crippen molar-refractivity contribution >= 4 is 5.91 Å². The molecule has 0 N–H and O–H groups in total. The number of rotatable bonds is 5. The van der Waals surface area contributed by atoms with Gasteiger partial charge in [0, 0.05) is 56.7 Å². The summed E-state index contributed by atoms with van der Waals surface area (Å²) in [6.45, 7) is 4.10. The third-order valence-corrected chi connectivity index (χ3v) is 9.29. The second-order valence-electron chi connectivity index (χ2n) is 12.5. The standard InChI is InChI=1S/C33H40F3N5O2/c34-33(35,36)30-20-28(26-10-11-26)41(38-30)23-31(42)40-16-13-32(14-17-40)12-4-3-8-27-7-1-2-9-29(27)43-19-18-39(24-32)22-25-6-5-15-37-21-25/h1-2,5-7,9,15,20-21,26H,3-4,8,10-14,16-19,22-24H2. The van der Waals surface area contributed by atoms with Gasteiger partial charge in [0.25, 0.3) is 0 Å². The van der Waals surface area contributed by atoms with Crippen molar-refractivity contribution in [3.8, 4) is 5.75 Å². The van der Waals surface area contributed by atoms with Crippen LogP contribution in [0.3, 0.4) is 0 Å². The predicted molar refractivity (Wildman–Crippen MR) is 156 cm³/mol. The first-order chi connectivity index (χ1) is 20.8. The average Bonchev–Trinajstić information content (AvgIpc) is 3.74. The van der Waals surface area contributed by atoms with Crippen molar-refractivity contribution in [2.45, 2.75) is 76.6 Å². The molecular weight excluding hydrogens is 555 g/mol. The molecule has 230 valence electrons. The minimum absolute atomic E-state index is 0.0476. The van der Waals surface area contributed by atoms with Crippen LogP contribution >= 0.6 is 0 Å². The average molecular weight is 596 g/mol. The number of pyridine rings is 1. The number of amides is 1. The molecule has 1 aliphatic carbocycles. The molecule has 2 aromatic heterocycles. The number of piperidine rings is 1. The number of hydrogen-bond donors (Lipinski definition) is 0. The van der Waals surface area contributed by atoms with E-state index in [0.29, 0.717) is 25.4 Å². The number of benzene rings is 1. The number of para-hydroxylation sites is 1. The Labute approximate surface area is 251 Å². The molecule has 0 unspecified atom stereocenters. The topological polar surface area (TPSA) is 63.5 Å². The van der Waals surface area contributed by atoms with Crippen molar-refractivity contribution in [2.24, 2.45) is 5.41 Å². The van der Waals surface area contributed by atoms with Crippen LogP contribution in [-0.4, -0.2) is 63.3 Å². The molecule has 1 amide bonds. The quantitative estimate of drug-likeness (QED) is 0.357. The molecule has 43 heavy (non-hydrogen) atoms. The van der Waals surface area contributed by atoms with Gasteiger partial charge in [0.1, 0.15) is 18.9 Å². The Morgan fingerprint density at radius 3 is 2.58 bits per heavy atom. The maximum atomic E-state index is 13.4. The minimum atomic E-state index is -4.52. The van der Waals surface area contributed by atoms with Gasteiger partial charge in [-0.25, -0.2) is 0 Å². The monoisotopic (exact) mass is 595 g/mol. The van der Waals surface area contributed by atoms with E-state index < -0.39 is 11.9 Å². The lowest BCUT2D eigenvalue weighted by Gasteiger charge is -2.45. The number of aryl methyl sites for hydroxylation is 1. The summed E-state index contributed by atoms with van der Waals surface area (Å²) in [4.78, 5) is 22.0. The lowest BCUT2D eigenvalue weighted by molar-refractivity contribution is -0.142. The predicted octanol–water partition coefficient (Wildman–Crippen LogP) is 6.09. The Morgan fingerprint density at radius 2 is 1.84 bits per heavy atom. The first kappa shape index (κ1) is 29.7. The Morgan fingerprint density at radius 1 is 1.02 bits per heavy atom. The number of carbonyl (C=O) groups is 1. The lowest BCUT2D eigenvalue weighted by Crippen LogP contribution is -2.49. The normalized spacial score (nSPS) is 20.1. The Kier molecular flexibility index (Phi) is 8.75. The molecular formula is C33H40F3N5O2. The van der Waals surface area contributed by atoms with Gasteiger partial charge in [-0.1, -0.05) is 30.7 Å². The second kappa shape index (κ2) is 12.7. The summed E-state index contributed by atoms with van der Waals surface area (Å²) in [7, 11) is 0. The first-order valence-corrected chi connectivity index (χ1v) is 15.5. The van der Waals surface area contributed by atoms with Gasteiger partial charge in [-0.3, -0.25) is 19.4 Å². The Bertz CT molecular complexity index is 1380. The molecule has 1 saturated heterocycles. The van der Waals surface area contributed by atoms with Gasteiger partial charge < -0.3 is 9.64 Å². The van der Waals surface area contributed by atoms with Crippen LogP contribution in [0.1, 0.15) is 73.4 Å². The zero-order chi connectivity index (χ0) is 29.9. The minimum Gasteiger partial charge on any atom is -0.492 e. The van der Waals surface area contributed by atoms with Crippen LogP contribution in [0.2, 0.25) is 0 Å². The van der Waals surface area contributed by atoms with Crippen LogP contribution in [0.15, 0.2) is 54.9 Å². The van der Waals surface area contributed by atoms with Crippen molar-refractivity contribution in [1.29, 1.82) is 0 Å². The zero-order valence-electron chi connectivity index (χ0n) is 24.6. The maximum absolute atomic E-state index is 13.4. The number of likely N-dealkylation sites (tertiary alicyclic amines) is 1. The van der Waals surface area contributed by atoms with Gasteiger partial charge in [0.15, 0.2) is 5.69 Å². The summed E-state index contributed by atoms with van der Waals surface area (Å²) < 4.78 is 47.7. The molecule has 0 atom stereocenters. The highest BCUT2D eigenvalue weighted by Gasteiger charge is 2.40. The number of fused-ring (bicyclic) bond motifs is 1. The number of ether oxygens (including phenoxy) is 1. The van der Waals surface area contributed by atoms with E-state index in [2.05, 4.69) is 39.2 Å². The summed E-state index contributed by atoms with van der Waals surface area (Å²) in [5, 5.41) is 3.81. The molecule has 3 aliphatic rings. The number of aromatic nitrogens is 3. The Hall–Kier alpha value is -3.40. The van der Waals surface area contributed by atoms with E-state index in [1.807, 2.05) is 23.2 Å². The number of carbonyl (C=O) groups excluding carboxylic acids is 1. The van der Waals surface area contributed by atoms with Crippen LogP contribution < -0.4 is 4.74 Å². The molecule has 6 rings (SSSR count). The maximum Gasteiger partial charge on any atom is 0.435 e. The summed E-state index contributed by atoms with van der Waals surface area (Å²) in [5.41, 5.74) is 2.07. The van der Waals surface area contributed by atoms with Gasteiger partial charge in [-0.2, -0.15) is 18.3 Å². The van der Waals surface area contributed by atoms with Gasteiger partial charge >= 0.3 is 6.18 Å². The van der Waals surface area contributed by atoms with Gasteiger partial charge in [0.05, 0.1) is 0 Å². The number of halogens is 3. The zero-order valence-corrected chi connectivity index (χ0v) is 24.6. The van der Waals surface area contributed by atoms with Gasteiger partial charge in [-0.15, -0.1) is 0 Å². The smallest absolute Gasteiger partial charge is 0.435 e.